The van der Waals surface area contributed by atoms with E-state index in [9.17, 15) is 0 Å². The van der Waals surface area contributed by atoms with Crippen LogP contribution in [0.1, 0.15) is 206 Å². The molecule has 0 rings (SSSR count). The van der Waals surface area contributed by atoms with Gasteiger partial charge >= 0.3 is 0 Å². The number of unbranched alkanes of at least 4 members (excludes halogenated alkanes) is 28. The second-order valence-electron chi connectivity index (χ2n) is 15.9. The zero-order valence-electron chi connectivity index (χ0n) is 32.3. The molecule has 2 nitrogen and oxygen atoms in total. The van der Waals surface area contributed by atoms with E-state index in [0.29, 0.717) is 0 Å². The second-order valence-corrected chi connectivity index (χ2v) is 15.9. The van der Waals surface area contributed by atoms with E-state index in [1.807, 2.05) is 0 Å². The Morgan fingerprint density at radius 1 is 0.250 bits per heavy atom. The molecule has 0 N–H and O–H groups in total. The highest BCUT2D eigenvalue weighted by Crippen LogP contribution is 2.15. The minimum absolute atomic E-state index is 0. The van der Waals surface area contributed by atoms with Crippen LogP contribution < -0.4 is 29.4 Å². The lowest BCUT2D eigenvalue weighted by atomic mass is 10.0. The van der Waals surface area contributed by atoms with E-state index in [1.165, 1.54) is 206 Å². The van der Waals surface area contributed by atoms with Gasteiger partial charge < -0.3 is 38.4 Å². The molecule has 0 saturated carbocycles. The molecular weight excluding hydrogens is 624 g/mol. The van der Waals surface area contributed by atoms with Crippen molar-refractivity contribution in [1.29, 1.82) is 0 Å². The maximum absolute atomic E-state index is 2.30. The van der Waals surface area contributed by atoms with Gasteiger partial charge in [-0.1, -0.05) is 181 Å². The number of hydrogen-bond donors (Lipinski definition) is 0. The van der Waals surface area contributed by atoms with E-state index in [0.717, 1.165) is 8.97 Å². The molecule has 0 saturated heterocycles. The Morgan fingerprint density at radius 3 is 0.523 bits per heavy atom. The third-order valence-corrected chi connectivity index (χ3v) is 8.86. The molecule has 272 valence electrons. The molecule has 0 aliphatic heterocycles. The van der Waals surface area contributed by atoms with E-state index >= 15 is 0 Å². The first-order valence-electron chi connectivity index (χ1n) is 19.7. The zero-order valence-corrected chi connectivity index (χ0v) is 34.6. The summed E-state index contributed by atoms with van der Waals surface area (Å²) in [5, 5.41) is 0. The highest BCUT2D eigenvalue weighted by Gasteiger charge is 2.06. The van der Waals surface area contributed by atoms with Gasteiger partial charge in [-0.15, -0.1) is 0 Å². The van der Waals surface area contributed by atoms with Gasteiger partial charge in [0.2, 0.25) is 0 Å². The number of rotatable bonds is 32. The van der Waals surface area contributed by atoms with E-state index in [1.54, 1.807) is 0 Å². The summed E-state index contributed by atoms with van der Waals surface area (Å²) >= 11 is 0. The quantitative estimate of drug-likeness (QED) is 0.0515. The van der Waals surface area contributed by atoms with Crippen molar-refractivity contribution < 1.29 is 38.4 Å². The van der Waals surface area contributed by atoms with Crippen molar-refractivity contribution >= 4 is 0 Å². The molecule has 0 atom stereocenters. The lowest BCUT2D eigenvalue weighted by molar-refractivity contribution is -0.870. The van der Waals surface area contributed by atoms with Crippen LogP contribution in [0.2, 0.25) is 0 Å². The van der Waals surface area contributed by atoms with Gasteiger partial charge in [0, 0.05) is 0 Å². The molecule has 4 heteroatoms. The fourth-order valence-electron chi connectivity index (χ4n) is 5.91. The maximum Gasteiger partial charge on any atom is 0.0780 e. The summed E-state index contributed by atoms with van der Waals surface area (Å²) in [4.78, 5) is 0. The molecule has 44 heavy (non-hydrogen) atoms. The lowest BCUT2D eigenvalue weighted by Gasteiger charge is -2.23. The van der Waals surface area contributed by atoms with Crippen molar-refractivity contribution in [2.24, 2.45) is 0 Å². The zero-order chi connectivity index (χ0) is 31.6. The Balaban J connectivity index is -0.000000349. The van der Waals surface area contributed by atoms with Crippen LogP contribution >= 0.6 is 0 Å². The topological polar surface area (TPSA) is 0 Å². The van der Waals surface area contributed by atoms with Gasteiger partial charge in [0.15, 0.2) is 0 Å². The molecule has 0 unspecified atom stereocenters. The van der Waals surface area contributed by atoms with Gasteiger partial charge in [-0.3, -0.25) is 0 Å². The summed E-state index contributed by atoms with van der Waals surface area (Å²) in [5.74, 6) is 0. The highest BCUT2D eigenvalue weighted by molar-refractivity contribution is 4.51. The lowest BCUT2D eigenvalue weighted by Crippen LogP contribution is -3.00. The predicted octanol–water partition coefficient (Wildman–Crippen LogP) is 7.14. The number of hydrogen-bond acceptors (Lipinski definition) is 0. The number of nitrogens with zero attached hydrogens (tertiary/aromatic N) is 2. The fraction of sp³-hybridized carbons (Fsp3) is 1.00. The molecule has 0 radical (unpaired) electrons. The number of halogens is 2. The van der Waals surface area contributed by atoms with E-state index in [4.69, 9.17) is 0 Å². The Kier molecular flexibility index (Phi) is 46.7. The predicted molar refractivity (Wildman–Crippen MR) is 196 cm³/mol. The number of quaternary nitrogens is 2. The average Bonchev–Trinajstić information content (AvgIpc) is 2.92. The summed E-state index contributed by atoms with van der Waals surface area (Å²) in [6.45, 7) is 7.25. The summed E-state index contributed by atoms with van der Waals surface area (Å²) in [5.41, 5.74) is 0. The van der Waals surface area contributed by atoms with Crippen molar-refractivity contribution in [2.75, 3.05) is 55.4 Å². The van der Waals surface area contributed by atoms with Gasteiger partial charge in [0.1, 0.15) is 0 Å². The van der Waals surface area contributed by atoms with Crippen LogP contribution in [-0.4, -0.2) is 64.3 Å². The van der Waals surface area contributed by atoms with Crippen LogP contribution in [0.3, 0.4) is 0 Å². The summed E-state index contributed by atoms with van der Waals surface area (Å²) in [6.07, 6.45) is 43.7. The fourth-order valence-corrected chi connectivity index (χ4v) is 5.91. The van der Waals surface area contributed by atoms with E-state index in [-0.39, 0.29) is 29.4 Å². The molecule has 0 aromatic rings. The van der Waals surface area contributed by atoms with Gasteiger partial charge in [-0.25, -0.2) is 0 Å². The van der Waals surface area contributed by atoms with E-state index < -0.39 is 0 Å². The molecule has 0 heterocycles. The Labute approximate surface area is 299 Å². The first kappa shape index (κ1) is 51.5. The molecule has 0 bridgehead atoms. The van der Waals surface area contributed by atoms with Crippen LogP contribution in [-0.2, 0) is 0 Å². The Morgan fingerprint density at radius 2 is 0.386 bits per heavy atom. The molecule has 0 spiro atoms. The van der Waals surface area contributed by atoms with Crippen molar-refractivity contribution in [1.82, 2.24) is 0 Å². The van der Waals surface area contributed by atoms with Crippen LogP contribution in [0, 0.1) is 0 Å². The minimum atomic E-state index is 0. The van der Waals surface area contributed by atoms with Gasteiger partial charge in [-0.2, -0.15) is 0 Å². The van der Waals surface area contributed by atoms with Gasteiger partial charge in [-0.05, 0) is 25.7 Å². The minimum Gasteiger partial charge on any atom is -1.00 e. The summed E-state index contributed by atoms with van der Waals surface area (Å²) in [6, 6.07) is 0. The Bertz CT molecular complexity index is 487. The van der Waals surface area contributed by atoms with Crippen molar-refractivity contribution in [3.63, 3.8) is 0 Å². The highest BCUT2D eigenvalue weighted by atomic mass is 79.9. The normalized spacial score (nSPS) is 11.5. The second kappa shape index (κ2) is 39.9. The summed E-state index contributed by atoms with van der Waals surface area (Å²) in [7, 11) is 13.8. The standard InChI is InChI=1S/C21H46N.C19H42N.BrH.ClH/c1-5-6-7-8-9-10-11-12-13-14-15-16-17-18-19-20-21-22(2,3)4;1-5-6-7-8-9-10-11-12-13-14-15-16-17-18-19-20(2,3)4;;/h5-21H2,1-4H3;5-19H2,1-4H3;2*1H/q2*+1;;/p-2. The van der Waals surface area contributed by atoms with Gasteiger partial charge in [0.05, 0.1) is 55.4 Å². The first-order valence-corrected chi connectivity index (χ1v) is 19.7. The third-order valence-electron chi connectivity index (χ3n) is 8.86. The molecule has 0 aliphatic carbocycles. The smallest absolute Gasteiger partial charge is 0.0780 e. The monoisotopic (exact) mass is 711 g/mol. The van der Waals surface area contributed by atoms with Crippen molar-refractivity contribution in [3.05, 3.63) is 0 Å². The molecule has 0 aromatic heterocycles. The maximum atomic E-state index is 2.30. The molecule has 0 amide bonds. The van der Waals surface area contributed by atoms with Crippen LogP contribution in [0.15, 0.2) is 0 Å². The van der Waals surface area contributed by atoms with E-state index in [2.05, 4.69) is 56.1 Å². The van der Waals surface area contributed by atoms with Crippen LogP contribution in [0.4, 0.5) is 0 Å². The Hall–Kier alpha value is 0.690. The van der Waals surface area contributed by atoms with Crippen molar-refractivity contribution in [3.8, 4) is 0 Å². The largest absolute Gasteiger partial charge is 1.00 e. The third kappa shape index (κ3) is 55.1. The van der Waals surface area contributed by atoms with Gasteiger partial charge in [0.25, 0.3) is 0 Å². The molecule has 0 aromatic carbocycles. The molecular formula is C40H88BrClN2. The SMILES string of the molecule is CCCCCCCCCCCCCCCCCC[N+](C)(C)C.CCCCCCCCCCCCCCCC[N+](C)(C)C.[Br-].[Cl-]. The van der Waals surface area contributed by atoms with Crippen molar-refractivity contribution in [2.45, 2.75) is 206 Å². The summed E-state index contributed by atoms with van der Waals surface area (Å²) < 4.78 is 2.25. The average molecular weight is 713 g/mol. The van der Waals surface area contributed by atoms with Crippen LogP contribution in [0.25, 0.3) is 0 Å². The molecule has 0 fully saturated rings. The van der Waals surface area contributed by atoms with Crippen LogP contribution in [0.5, 0.6) is 0 Å². The molecule has 0 aliphatic rings. The first-order chi connectivity index (χ1) is 20.1.